The lowest BCUT2D eigenvalue weighted by atomic mass is 10.1. The lowest BCUT2D eigenvalue weighted by molar-refractivity contribution is 0.0216. The third-order valence-corrected chi connectivity index (χ3v) is 7.03. The molecule has 5 rings (SSSR count). The summed E-state index contributed by atoms with van der Waals surface area (Å²) in [6, 6.07) is 9.01. The minimum Gasteiger partial charge on any atom is -0.494 e. The van der Waals surface area contributed by atoms with E-state index >= 15 is 0 Å². The lowest BCUT2D eigenvalue weighted by Crippen LogP contribution is -2.39. The van der Waals surface area contributed by atoms with Gasteiger partial charge >= 0.3 is 6.09 Å². The highest BCUT2D eigenvalue weighted by Crippen LogP contribution is 2.36. The Bertz CT molecular complexity index is 1550. The number of amides is 1. The fourth-order valence-corrected chi connectivity index (χ4v) is 5.24. The molecule has 1 atom stereocenters. The minimum absolute atomic E-state index is 0.0321. The van der Waals surface area contributed by atoms with Gasteiger partial charge in [0.05, 0.1) is 54.8 Å². The first-order valence-corrected chi connectivity index (χ1v) is 13.3. The number of hydrogen-bond acceptors (Lipinski definition) is 8. The number of nitrogens with zero attached hydrogens (tertiary/aromatic N) is 5. The quantitative estimate of drug-likeness (QED) is 0.474. The normalized spacial score (nSPS) is 17.6. The van der Waals surface area contributed by atoms with Crippen molar-refractivity contribution < 1.29 is 23.4 Å². The number of fused-ring (bicyclic) bond motifs is 1. The van der Waals surface area contributed by atoms with Gasteiger partial charge in [0.15, 0.2) is 11.6 Å². The Morgan fingerprint density at radius 1 is 1.18 bits per heavy atom. The summed E-state index contributed by atoms with van der Waals surface area (Å²) >= 11 is 0. The van der Waals surface area contributed by atoms with Crippen molar-refractivity contribution in [1.82, 2.24) is 14.5 Å². The molecule has 2 saturated heterocycles. The molecule has 0 unspecified atom stereocenters. The van der Waals surface area contributed by atoms with Gasteiger partial charge in [-0.3, -0.25) is 14.3 Å². The lowest BCUT2D eigenvalue weighted by Gasteiger charge is -2.31. The maximum atomic E-state index is 14.9. The molecule has 1 amide bonds. The Hall–Kier alpha value is -4.17. The van der Waals surface area contributed by atoms with Gasteiger partial charge < -0.3 is 19.1 Å². The second kappa shape index (κ2) is 10.8. The number of anilines is 1. The van der Waals surface area contributed by atoms with E-state index in [1.807, 2.05) is 4.90 Å². The topological polar surface area (TPSA) is 110 Å². The van der Waals surface area contributed by atoms with Crippen LogP contribution in [-0.4, -0.2) is 66.1 Å². The summed E-state index contributed by atoms with van der Waals surface area (Å²) < 4.78 is 32.5. The summed E-state index contributed by atoms with van der Waals surface area (Å²) in [4.78, 5) is 36.1. The molecule has 0 N–H and O–H groups in total. The van der Waals surface area contributed by atoms with E-state index in [2.05, 4.69) is 6.07 Å². The number of carbonyl (C=O) groups is 1. The largest absolute Gasteiger partial charge is 0.494 e. The molecule has 11 heteroatoms. The summed E-state index contributed by atoms with van der Waals surface area (Å²) in [5.74, 6) is -0.317. The molecular formula is C29H32FN5O5. The molecule has 1 aromatic heterocycles. The molecule has 210 valence electrons. The number of rotatable bonds is 4. The highest BCUT2D eigenvalue weighted by molar-refractivity contribution is 5.92. The average Bonchev–Trinajstić information content (AvgIpc) is 3.42. The zero-order valence-corrected chi connectivity index (χ0v) is 23.1. The SMILES string of the molecule is COc1ccc(-n2c([C@H]3CCCN3C(=O)OC(C)(C)C)nc3c(N4CCOCC4)cc(C#N)cc3c2=O)cc1F. The second-order valence-corrected chi connectivity index (χ2v) is 10.9. The van der Waals surface area contributed by atoms with Crippen LogP contribution >= 0.6 is 0 Å². The minimum atomic E-state index is -0.711. The van der Waals surface area contributed by atoms with Gasteiger partial charge in [-0.1, -0.05) is 0 Å². The average molecular weight is 550 g/mol. The zero-order valence-electron chi connectivity index (χ0n) is 23.1. The van der Waals surface area contributed by atoms with Gasteiger partial charge in [-0.25, -0.2) is 14.2 Å². The molecular weight excluding hydrogens is 517 g/mol. The Balaban J connectivity index is 1.78. The standard InChI is InChI=1S/C29H32FN5O5/c1-29(2,3)40-28(37)34-9-5-6-22(34)26-32-25-20(14-18(17-31)15-23(25)33-10-12-39-13-11-33)27(36)35(26)19-7-8-24(38-4)21(30)16-19/h7-8,14-16,22H,5-6,9-13H2,1-4H3/t22-/m1/s1. The molecule has 3 aromatic rings. The molecule has 2 aliphatic heterocycles. The summed E-state index contributed by atoms with van der Waals surface area (Å²) in [6.45, 7) is 7.95. The molecule has 2 aromatic carbocycles. The van der Waals surface area contributed by atoms with Gasteiger partial charge in [0.1, 0.15) is 16.9 Å². The van der Waals surface area contributed by atoms with Crippen molar-refractivity contribution in [1.29, 1.82) is 5.26 Å². The van der Waals surface area contributed by atoms with Crippen LogP contribution < -0.4 is 15.2 Å². The van der Waals surface area contributed by atoms with Crippen LogP contribution in [0.1, 0.15) is 51.0 Å². The molecule has 2 fully saturated rings. The van der Waals surface area contributed by atoms with E-state index in [9.17, 15) is 19.2 Å². The number of likely N-dealkylation sites (tertiary alicyclic amines) is 1. The fourth-order valence-electron chi connectivity index (χ4n) is 5.24. The van der Waals surface area contributed by atoms with E-state index in [1.54, 1.807) is 37.8 Å². The number of ether oxygens (including phenoxy) is 3. The van der Waals surface area contributed by atoms with E-state index in [0.29, 0.717) is 68.3 Å². The number of benzene rings is 2. The van der Waals surface area contributed by atoms with Crippen molar-refractivity contribution in [2.75, 3.05) is 44.9 Å². The van der Waals surface area contributed by atoms with E-state index in [0.717, 1.165) is 0 Å². The van der Waals surface area contributed by atoms with Crippen molar-refractivity contribution in [3.63, 3.8) is 0 Å². The number of hydrogen-bond donors (Lipinski definition) is 0. The number of carbonyl (C=O) groups excluding carboxylic acids is 1. The first kappa shape index (κ1) is 27.4. The van der Waals surface area contributed by atoms with Crippen LogP contribution in [0.15, 0.2) is 35.1 Å². The van der Waals surface area contributed by atoms with Crippen molar-refractivity contribution in [3.05, 3.63) is 57.9 Å². The maximum Gasteiger partial charge on any atom is 0.410 e. The first-order chi connectivity index (χ1) is 19.1. The summed E-state index contributed by atoms with van der Waals surface area (Å²) in [6.07, 6.45) is 0.710. The van der Waals surface area contributed by atoms with Crippen molar-refractivity contribution in [3.8, 4) is 17.5 Å². The monoisotopic (exact) mass is 549 g/mol. The zero-order chi connectivity index (χ0) is 28.6. The first-order valence-electron chi connectivity index (χ1n) is 13.3. The van der Waals surface area contributed by atoms with Gasteiger partial charge in [0, 0.05) is 25.7 Å². The van der Waals surface area contributed by atoms with Crippen LogP contribution in [0, 0.1) is 17.1 Å². The molecule has 0 spiro atoms. The van der Waals surface area contributed by atoms with Crippen LogP contribution in [0.5, 0.6) is 5.75 Å². The smallest absolute Gasteiger partial charge is 0.410 e. The van der Waals surface area contributed by atoms with Crippen molar-refractivity contribution >= 4 is 22.7 Å². The van der Waals surface area contributed by atoms with E-state index in [1.165, 1.54) is 29.9 Å². The third kappa shape index (κ3) is 5.19. The molecule has 0 bridgehead atoms. The van der Waals surface area contributed by atoms with Crippen molar-refractivity contribution in [2.45, 2.75) is 45.3 Å². The number of aromatic nitrogens is 2. The van der Waals surface area contributed by atoms with E-state index < -0.39 is 29.1 Å². The molecule has 10 nitrogen and oxygen atoms in total. The van der Waals surface area contributed by atoms with Crippen LogP contribution in [0.3, 0.4) is 0 Å². The van der Waals surface area contributed by atoms with Gasteiger partial charge in [-0.15, -0.1) is 0 Å². The van der Waals surface area contributed by atoms with Gasteiger partial charge in [0.2, 0.25) is 0 Å². The number of halogens is 1. The van der Waals surface area contributed by atoms with Gasteiger partial charge in [-0.2, -0.15) is 5.26 Å². The Kier molecular flexibility index (Phi) is 7.38. The van der Waals surface area contributed by atoms with E-state index in [4.69, 9.17) is 19.2 Å². The van der Waals surface area contributed by atoms with Crippen LogP contribution in [-0.2, 0) is 9.47 Å². The third-order valence-electron chi connectivity index (χ3n) is 7.03. The summed E-state index contributed by atoms with van der Waals surface area (Å²) in [7, 11) is 1.36. The maximum absolute atomic E-state index is 14.9. The molecule has 3 heterocycles. The van der Waals surface area contributed by atoms with Crippen LogP contribution in [0.25, 0.3) is 16.6 Å². The highest BCUT2D eigenvalue weighted by atomic mass is 19.1. The Morgan fingerprint density at radius 3 is 2.58 bits per heavy atom. The molecule has 40 heavy (non-hydrogen) atoms. The molecule has 0 saturated carbocycles. The Labute approximate surface area is 231 Å². The number of nitriles is 1. The van der Waals surface area contributed by atoms with Gasteiger partial charge in [-0.05, 0) is 57.9 Å². The molecule has 0 aliphatic carbocycles. The fraction of sp³-hybridized carbons (Fsp3) is 0.448. The summed E-state index contributed by atoms with van der Waals surface area (Å²) in [5, 5.41) is 9.99. The van der Waals surface area contributed by atoms with Crippen LogP contribution in [0.2, 0.25) is 0 Å². The van der Waals surface area contributed by atoms with Crippen LogP contribution in [0.4, 0.5) is 14.9 Å². The van der Waals surface area contributed by atoms with E-state index in [-0.39, 0.29) is 16.8 Å². The predicted octanol–water partition coefficient (Wildman–Crippen LogP) is 4.31. The van der Waals surface area contributed by atoms with Gasteiger partial charge in [0.25, 0.3) is 5.56 Å². The Morgan fingerprint density at radius 2 is 1.93 bits per heavy atom. The predicted molar refractivity (Wildman–Crippen MR) is 147 cm³/mol. The van der Waals surface area contributed by atoms with Crippen molar-refractivity contribution in [2.24, 2.45) is 0 Å². The molecule has 2 aliphatic rings. The number of morpholine rings is 1. The summed E-state index contributed by atoms with van der Waals surface area (Å²) in [5.41, 5.74) is 0.431. The second-order valence-electron chi connectivity index (χ2n) is 10.9. The number of methoxy groups -OCH3 is 1. The molecule has 0 radical (unpaired) electrons. The highest BCUT2D eigenvalue weighted by Gasteiger charge is 2.37.